The zero-order valence-electron chi connectivity index (χ0n) is 8.64. The van der Waals surface area contributed by atoms with E-state index in [0.717, 1.165) is 6.42 Å². The summed E-state index contributed by atoms with van der Waals surface area (Å²) in [6.45, 7) is 2.57. The minimum absolute atomic E-state index is 0.274. The van der Waals surface area contributed by atoms with Crippen LogP contribution in [0.4, 0.5) is 0 Å². The molecule has 0 aliphatic rings. The second kappa shape index (κ2) is 5.86. The molecule has 0 fully saturated rings. The second-order valence-corrected chi connectivity index (χ2v) is 3.04. The van der Waals surface area contributed by atoms with Gasteiger partial charge in [-0.1, -0.05) is 12.2 Å². The highest BCUT2D eigenvalue weighted by Crippen LogP contribution is 2.12. The molecule has 15 heavy (non-hydrogen) atoms. The summed E-state index contributed by atoms with van der Waals surface area (Å²) in [5, 5.41) is 8.67. The van der Waals surface area contributed by atoms with Crippen LogP contribution in [-0.2, 0) is 0 Å². The molecule has 0 atom stereocenters. The van der Waals surface area contributed by atoms with Gasteiger partial charge in [-0.05, 0) is 37.6 Å². The van der Waals surface area contributed by atoms with Crippen LogP contribution in [0.15, 0.2) is 36.4 Å². The lowest BCUT2D eigenvalue weighted by atomic mass is 10.2. The van der Waals surface area contributed by atoms with Gasteiger partial charge in [-0.15, -0.1) is 0 Å². The molecule has 0 saturated carbocycles. The van der Waals surface area contributed by atoms with Gasteiger partial charge < -0.3 is 9.84 Å². The second-order valence-electron chi connectivity index (χ2n) is 3.04. The molecule has 0 aromatic heterocycles. The first-order valence-corrected chi connectivity index (χ1v) is 4.81. The number of hydrogen-bond acceptors (Lipinski definition) is 2. The van der Waals surface area contributed by atoms with Crippen LogP contribution in [0.2, 0.25) is 0 Å². The van der Waals surface area contributed by atoms with Gasteiger partial charge in [0.05, 0.1) is 12.2 Å². The molecule has 0 amide bonds. The summed E-state index contributed by atoms with van der Waals surface area (Å²) in [6, 6.07) is 6.40. The van der Waals surface area contributed by atoms with Gasteiger partial charge in [-0.25, -0.2) is 4.79 Å². The van der Waals surface area contributed by atoms with E-state index in [9.17, 15) is 4.79 Å². The Morgan fingerprint density at radius 1 is 1.40 bits per heavy atom. The summed E-state index contributed by atoms with van der Waals surface area (Å²) in [4.78, 5) is 10.6. The number of ether oxygens (including phenoxy) is 1. The number of allylic oxidation sites excluding steroid dienone is 1. The average Bonchev–Trinajstić information content (AvgIpc) is 2.25. The van der Waals surface area contributed by atoms with Crippen LogP contribution < -0.4 is 4.74 Å². The topological polar surface area (TPSA) is 46.5 Å². The van der Waals surface area contributed by atoms with Crippen molar-refractivity contribution in [3.63, 3.8) is 0 Å². The molecule has 0 heterocycles. The van der Waals surface area contributed by atoms with Crippen molar-refractivity contribution < 1.29 is 14.6 Å². The van der Waals surface area contributed by atoms with E-state index in [-0.39, 0.29) is 5.56 Å². The van der Waals surface area contributed by atoms with Crippen LogP contribution in [0, 0.1) is 0 Å². The number of hydrogen-bond donors (Lipinski definition) is 1. The highest BCUT2D eigenvalue weighted by Gasteiger charge is 2.01. The molecule has 0 aliphatic heterocycles. The normalized spacial score (nSPS) is 10.5. The maximum absolute atomic E-state index is 10.6. The Kier molecular flexibility index (Phi) is 4.41. The van der Waals surface area contributed by atoms with E-state index >= 15 is 0 Å². The standard InChI is InChI=1S/C12H14O3/c1-2-3-4-9-15-11-7-5-10(6-8-11)12(13)14/h2-3,5-8H,4,9H2,1H3,(H,13,14). The van der Waals surface area contributed by atoms with Crippen molar-refractivity contribution >= 4 is 5.97 Å². The highest BCUT2D eigenvalue weighted by atomic mass is 16.5. The average molecular weight is 206 g/mol. The highest BCUT2D eigenvalue weighted by molar-refractivity contribution is 5.87. The summed E-state index contributed by atoms with van der Waals surface area (Å²) in [5.41, 5.74) is 0.274. The van der Waals surface area contributed by atoms with Crippen molar-refractivity contribution in [1.82, 2.24) is 0 Å². The minimum atomic E-state index is -0.921. The number of carbonyl (C=O) groups is 1. The van der Waals surface area contributed by atoms with Gasteiger partial charge in [0.2, 0.25) is 0 Å². The van der Waals surface area contributed by atoms with Gasteiger partial charge in [-0.3, -0.25) is 0 Å². The summed E-state index contributed by atoms with van der Waals surface area (Å²) in [5.74, 6) is -0.222. The molecule has 0 unspecified atom stereocenters. The van der Waals surface area contributed by atoms with Crippen molar-refractivity contribution in [2.45, 2.75) is 13.3 Å². The Morgan fingerprint density at radius 3 is 2.60 bits per heavy atom. The van der Waals surface area contributed by atoms with E-state index in [1.54, 1.807) is 12.1 Å². The van der Waals surface area contributed by atoms with E-state index in [4.69, 9.17) is 9.84 Å². The van der Waals surface area contributed by atoms with Crippen molar-refractivity contribution in [3.05, 3.63) is 42.0 Å². The molecule has 1 aromatic carbocycles. The fraction of sp³-hybridized carbons (Fsp3) is 0.250. The lowest BCUT2D eigenvalue weighted by Gasteiger charge is -2.04. The van der Waals surface area contributed by atoms with Crippen molar-refractivity contribution in [2.75, 3.05) is 6.61 Å². The summed E-state index contributed by atoms with van der Waals surface area (Å²) >= 11 is 0. The van der Waals surface area contributed by atoms with Gasteiger partial charge in [0, 0.05) is 0 Å². The van der Waals surface area contributed by atoms with E-state index < -0.39 is 5.97 Å². The molecule has 0 radical (unpaired) electrons. The van der Waals surface area contributed by atoms with E-state index in [0.29, 0.717) is 12.4 Å². The predicted octanol–water partition coefficient (Wildman–Crippen LogP) is 2.73. The molecule has 80 valence electrons. The van der Waals surface area contributed by atoms with Crippen LogP contribution in [0.5, 0.6) is 5.75 Å². The molecule has 1 aromatic rings. The van der Waals surface area contributed by atoms with Crippen LogP contribution in [-0.4, -0.2) is 17.7 Å². The first-order chi connectivity index (χ1) is 7.24. The van der Waals surface area contributed by atoms with Crippen LogP contribution >= 0.6 is 0 Å². The van der Waals surface area contributed by atoms with E-state index in [2.05, 4.69) is 0 Å². The Balaban J connectivity index is 2.46. The summed E-state index contributed by atoms with van der Waals surface area (Å²) in [7, 11) is 0. The Labute approximate surface area is 89.0 Å². The third-order valence-corrected chi connectivity index (χ3v) is 1.89. The third-order valence-electron chi connectivity index (χ3n) is 1.89. The van der Waals surface area contributed by atoms with E-state index in [1.807, 2.05) is 19.1 Å². The molecule has 3 heteroatoms. The predicted molar refractivity (Wildman–Crippen MR) is 58.3 cm³/mol. The SMILES string of the molecule is CC=CCCOc1ccc(C(=O)O)cc1. The van der Waals surface area contributed by atoms with Crippen LogP contribution in [0.3, 0.4) is 0 Å². The molecule has 0 spiro atoms. The van der Waals surface area contributed by atoms with Crippen molar-refractivity contribution in [1.29, 1.82) is 0 Å². The van der Waals surface area contributed by atoms with Crippen LogP contribution in [0.1, 0.15) is 23.7 Å². The summed E-state index contributed by atoms with van der Waals surface area (Å²) in [6.07, 6.45) is 4.85. The molecular formula is C12H14O3. The van der Waals surface area contributed by atoms with Gasteiger partial charge in [0.25, 0.3) is 0 Å². The van der Waals surface area contributed by atoms with E-state index in [1.165, 1.54) is 12.1 Å². The number of aromatic carboxylic acids is 1. The first-order valence-electron chi connectivity index (χ1n) is 4.81. The van der Waals surface area contributed by atoms with Gasteiger partial charge >= 0.3 is 5.97 Å². The molecule has 0 aliphatic carbocycles. The number of rotatable bonds is 5. The quantitative estimate of drug-likeness (QED) is 0.595. The van der Waals surface area contributed by atoms with Crippen molar-refractivity contribution in [3.8, 4) is 5.75 Å². The molecular weight excluding hydrogens is 192 g/mol. The smallest absolute Gasteiger partial charge is 0.335 e. The van der Waals surface area contributed by atoms with Gasteiger partial charge in [-0.2, -0.15) is 0 Å². The third kappa shape index (κ3) is 3.85. The number of carboxylic acid groups (broad SMARTS) is 1. The largest absolute Gasteiger partial charge is 0.493 e. The Hall–Kier alpha value is -1.77. The molecule has 1 rings (SSSR count). The first kappa shape index (κ1) is 11.3. The Morgan fingerprint density at radius 2 is 2.07 bits per heavy atom. The number of carboxylic acids is 1. The van der Waals surface area contributed by atoms with Gasteiger partial charge in [0.1, 0.15) is 5.75 Å². The zero-order valence-corrected chi connectivity index (χ0v) is 8.64. The maximum atomic E-state index is 10.6. The minimum Gasteiger partial charge on any atom is -0.493 e. The summed E-state index contributed by atoms with van der Waals surface area (Å²) < 4.78 is 5.40. The molecule has 0 bridgehead atoms. The van der Waals surface area contributed by atoms with Gasteiger partial charge in [0.15, 0.2) is 0 Å². The lowest BCUT2D eigenvalue weighted by molar-refractivity contribution is 0.0697. The maximum Gasteiger partial charge on any atom is 0.335 e. The molecule has 0 saturated heterocycles. The molecule has 3 nitrogen and oxygen atoms in total. The fourth-order valence-corrected chi connectivity index (χ4v) is 1.11. The van der Waals surface area contributed by atoms with Crippen LogP contribution in [0.25, 0.3) is 0 Å². The fourth-order valence-electron chi connectivity index (χ4n) is 1.11. The Bertz CT molecular complexity index is 338. The zero-order chi connectivity index (χ0) is 11.1. The lowest BCUT2D eigenvalue weighted by Crippen LogP contribution is -1.98. The van der Waals surface area contributed by atoms with Crippen molar-refractivity contribution in [2.24, 2.45) is 0 Å². The molecule has 1 N–H and O–H groups in total. The monoisotopic (exact) mass is 206 g/mol. The number of benzene rings is 1.